The Morgan fingerprint density at radius 2 is 2.36 bits per heavy atom. The molecular weight excluding hydrogens is 198 g/mol. The van der Waals surface area contributed by atoms with Crippen LogP contribution >= 0.6 is 11.8 Å². The van der Waals surface area contributed by atoms with E-state index in [-0.39, 0.29) is 5.41 Å². The Hall–Kier alpha value is -1.02. The fraction of sp³-hybridized carbons (Fsp3) is 0.667. The van der Waals surface area contributed by atoms with Crippen molar-refractivity contribution in [3.8, 4) is 6.07 Å². The van der Waals surface area contributed by atoms with Gasteiger partial charge in [-0.05, 0) is 18.3 Å². The molecule has 74 valence electrons. The van der Waals surface area contributed by atoms with Crippen molar-refractivity contribution in [1.29, 1.82) is 5.26 Å². The van der Waals surface area contributed by atoms with Gasteiger partial charge < -0.3 is 4.42 Å². The van der Waals surface area contributed by atoms with Crippen LogP contribution in [0.4, 0.5) is 0 Å². The largest absolute Gasteiger partial charge is 0.416 e. The summed E-state index contributed by atoms with van der Waals surface area (Å²) in [6.45, 7) is 1.78. The highest BCUT2D eigenvalue weighted by atomic mass is 32.2. The van der Waals surface area contributed by atoms with Gasteiger partial charge >= 0.3 is 0 Å². The third-order valence-corrected chi connectivity index (χ3v) is 3.59. The van der Waals surface area contributed by atoms with Gasteiger partial charge in [0, 0.05) is 19.1 Å². The van der Waals surface area contributed by atoms with E-state index in [1.807, 2.05) is 0 Å². The Labute approximate surface area is 86.7 Å². The predicted octanol–water partition coefficient (Wildman–Crippen LogP) is 2.16. The molecule has 0 atom stereocenters. The summed E-state index contributed by atoms with van der Waals surface area (Å²) in [5, 5.41) is 16.9. The van der Waals surface area contributed by atoms with E-state index in [1.165, 1.54) is 0 Å². The van der Waals surface area contributed by atoms with Crippen molar-refractivity contribution in [1.82, 2.24) is 10.2 Å². The number of hydrogen-bond donors (Lipinski definition) is 0. The molecule has 0 radical (unpaired) electrons. The smallest absolute Gasteiger partial charge is 0.276 e. The lowest BCUT2D eigenvalue weighted by Gasteiger charge is -2.06. The summed E-state index contributed by atoms with van der Waals surface area (Å²) in [5.41, 5.74) is 0.238. The molecule has 5 heteroatoms. The van der Waals surface area contributed by atoms with Gasteiger partial charge in [0.1, 0.15) is 0 Å². The van der Waals surface area contributed by atoms with Gasteiger partial charge in [-0.1, -0.05) is 11.8 Å². The van der Waals surface area contributed by atoms with E-state index in [0.29, 0.717) is 17.5 Å². The van der Waals surface area contributed by atoms with Crippen LogP contribution in [-0.4, -0.2) is 16.0 Å². The molecule has 1 saturated carbocycles. The molecule has 0 N–H and O–H groups in total. The molecule has 1 aromatic heterocycles. The molecule has 0 bridgehead atoms. The zero-order valence-corrected chi connectivity index (χ0v) is 8.80. The van der Waals surface area contributed by atoms with E-state index in [4.69, 9.17) is 9.68 Å². The molecule has 1 aliphatic rings. The minimum Gasteiger partial charge on any atom is -0.416 e. The molecule has 14 heavy (non-hydrogen) atoms. The first-order valence-electron chi connectivity index (χ1n) is 4.54. The van der Waals surface area contributed by atoms with Crippen molar-refractivity contribution in [3.05, 3.63) is 5.89 Å². The van der Waals surface area contributed by atoms with Crippen LogP contribution in [0, 0.1) is 23.7 Å². The van der Waals surface area contributed by atoms with E-state index in [0.717, 1.165) is 18.6 Å². The van der Waals surface area contributed by atoms with Crippen molar-refractivity contribution in [3.63, 3.8) is 0 Å². The maximum atomic E-state index is 8.63. The quantitative estimate of drug-likeness (QED) is 0.711. The topological polar surface area (TPSA) is 62.7 Å². The molecule has 1 aliphatic carbocycles. The van der Waals surface area contributed by atoms with Crippen molar-refractivity contribution >= 4 is 11.8 Å². The number of hydrogen-bond acceptors (Lipinski definition) is 5. The van der Waals surface area contributed by atoms with E-state index in [2.05, 4.69) is 16.3 Å². The molecule has 0 aliphatic heterocycles. The number of nitriles is 1. The van der Waals surface area contributed by atoms with E-state index < -0.39 is 0 Å². The van der Waals surface area contributed by atoms with Gasteiger partial charge in [-0.2, -0.15) is 5.26 Å². The van der Waals surface area contributed by atoms with E-state index in [9.17, 15) is 0 Å². The molecule has 0 aromatic carbocycles. The first-order chi connectivity index (χ1) is 6.74. The number of rotatable bonds is 4. The third kappa shape index (κ3) is 2.07. The third-order valence-electron chi connectivity index (χ3n) is 2.42. The van der Waals surface area contributed by atoms with Crippen LogP contribution in [0.1, 0.15) is 25.2 Å². The highest BCUT2D eigenvalue weighted by Gasteiger charge is 2.42. The van der Waals surface area contributed by atoms with Crippen molar-refractivity contribution < 1.29 is 4.42 Å². The lowest BCUT2D eigenvalue weighted by atomic mass is 10.1. The zero-order chi connectivity index (χ0) is 10.0. The number of aromatic nitrogens is 2. The Balaban J connectivity index is 1.86. The molecule has 1 fully saturated rings. The highest BCUT2D eigenvalue weighted by Crippen LogP contribution is 2.51. The molecule has 4 nitrogen and oxygen atoms in total. The lowest BCUT2D eigenvalue weighted by Crippen LogP contribution is -2.02. The number of nitrogens with zero attached hydrogens (tertiary/aromatic N) is 3. The summed E-state index contributed by atoms with van der Waals surface area (Å²) >= 11 is 1.56. The van der Waals surface area contributed by atoms with Gasteiger partial charge in [0.2, 0.25) is 5.89 Å². The van der Waals surface area contributed by atoms with Crippen LogP contribution in [0.3, 0.4) is 0 Å². The van der Waals surface area contributed by atoms with Gasteiger partial charge in [-0.15, -0.1) is 10.2 Å². The average Bonchev–Trinajstić information content (AvgIpc) is 2.80. The molecule has 1 heterocycles. The molecule has 0 unspecified atom stereocenters. The molecule has 0 saturated heterocycles. The summed E-state index contributed by atoms with van der Waals surface area (Å²) in [7, 11) is 0. The maximum absolute atomic E-state index is 8.63. The average molecular weight is 209 g/mol. The zero-order valence-electron chi connectivity index (χ0n) is 7.99. The molecule has 1 aromatic rings. The molecule has 2 rings (SSSR count). The number of thioether (sulfide) groups is 1. The maximum Gasteiger partial charge on any atom is 0.276 e. The Bertz CT molecular complexity index is 364. The summed E-state index contributed by atoms with van der Waals surface area (Å²) in [6, 6.07) is 2.23. The van der Waals surface area contributed by atoms with Crippen molar-refractivity contribution in [2.75, 3.05) is 5.75 Å². The monoisotopic (exact) mass is 209 g/mol. The van der Waals surface area contributed by atoms with E-state index >= 15 is 0 Å². The van der Waals surface area contributed by atoms with Crippen molar-refractivity contribution in [2.24, 2.45) is 5.41 Å². The minimum absolute atomic E-state index is 0.238. The Morgan fingerprint density at radius 3 is 2.86 bits per heavy atom. The minimum atomic E-state index is 0.238. The first-order valence-corrected chi connectivity index (χ1v) is 5.53. The van der Waals surface area contributed by atoms with Gasteiger partial charge in [0.15, 0.2) is 0 Å². The normalized spacial score (nSPS) is 17.7. The highest BCUT2D eigenvalue weighted by molar-refractivity contribution is 7.99. The van der Waals surface area contributed by atoms with Crippen LogP contribution in [-0.2, 0) is 0 Å². The van der Waals surface area contributed by atoms with Gasteiger partial charge in [0.05, 0.1) is 6.07 Å². The Morgan fingerprint density at radius 1 is 1.57 bits per heavy atom. The predicted molar refractivity (Wildman–Crippen MR) is 51.7 cm³/mol. The van der Waals surface area contributed by atoms with Crippen LogP contribution in [0.15, 0.2) is 9.64 Å². The molecule has 0 spiro atoms. The molecular formula is C9H11N3OS. The fourth-order valence-electron chi connectivity index (χ4n) is 1.27. The molecule has 0 amide bonds. The van der Waals surface area contributed by atoms with Crippen LogP contribution < -0.4 is 0 Å². The first kappa shape index (κ1) is 9.53. The van der Waals surface area contributed by atoms with Crippen LogP contribution in [0.2, 0.25) is 0 Å². The fourth-order valence-corrected chi connectivity index (χ4v) is 2.37. The van der Waals surface area contributed by atoms with Crippen LogP contribution in [0.5, 0.6) is 0 Å². The van der Waals surface area contributed by atoms with E-state index in [1.54, 1.807) is 18.7 Å². The second-order valence-corrected chi connectivity index (χ2v) is 4.64. The summed E-state index contributed by atoms with van der Waals surface area (Å²) in [4.78, 5) is 0. The van der Waals surface area contributed by atoms with Gasteiger partial charge in [-0.3, -0.25) is 0 Å². The second-order valence-electron chi connectivity index (χ2n) is 3.71. The second kappa shape index (κ2) is 3.62. The van der Waals surface area contributed by atoms with Crippen LogP contribution in [0.25, 0.3) is 0 Å². The lowest BCUT2D eigenvalue weighted by molar-refractivity contribution is 0.428. The summed E-state index contributed by atoms with van der Waals surface area (Å²) in [5.74, 6) is 1.51. The standard InChI is InChI=1S/C9H11N3OS/c1-7-11-12-8(13-7)14-6-9(2-3-9)4-5-10/h2-4,6H2,1H3. The number of aryl methyl sites for hydroxylation is 1. The van der Waals surface area contributed by atoms with Gasteiger partial charge in [0.25, 0.3) is 5.22 Å². The SMILES string of the molecule is Cc1nnc(SCC2(CC#N)CC2)o1. The summed E-state index contributed by atoms with van der Waals surface area (Å²) < 4.78 is 5.24. The van der Waals surface area contributed by atoms with Gasteiger partial charge in [-0.25, -0.2) is 0 Å². The van der Waals surface area contributed by atoms with Crippen molar-refractivity contribution in [2.45, 2.75) is 31.4 Å². The Kier molecular flexibility index (Phi) is 2.46. The summed E-state index contributed by atoms with van der Waals surface area (Å²) in [6.07, 6.45) is 2.95.